The summed E-state index contributed by atoms with van der Waals surface area (Å²) in [7, 11) is 0. The Kier molecular flexibility index (Phi) is 3.64. The van der Waals surface area contributed by atoms with Gasteiger partial charge in [0, 0.05) is 25.1 Å². The van der Waals surface area contributed by atoms with Gasteiger partial charge in [0.1, 0.15) is 6.10 Å². The minimum Gasteiger partial charge on any atom is -0.369 e. The number of aromatic nitrogens is 2. The number of nitrogens with one attached hydrogen (secondary N) is 1. The van der Waals surface area contributed by atoms with E-state index in [1.165, 1.54) is 4.90 Å². The molecule has 22 heavy (non-hydrogen) atoms. The fourth-order valence-electron chi connectivity index (χ4n) is 2.87. The minimum atomic E-state index is -4.67. The van der Waals surface area contributed by atoms with Gasteiger partial charge in [-0.2, -0.15) is 5.10 Å². The van der Waals surface area contributed by atoms with Crippen molar-refractivity contribution in [1.82, 2.24) is 15.1 Å². The number of hydrogen-bond donors (Lipinski definition) is 1. The third-order valence-electron chi connectivity index (χ3n) is 3.87. The van der Waals surface area contributed by atoms with Crippen molar-refractivity contribution in [2.45, 2.75) is 44.9 Å². The molecule has 3 heterocycles. The summed E-state index contributed by atoms with van der Waals surface area (Å²) in [5.41, 5.74) is 1.81. The average molecular weight is 319 g/mol. The van der Waals surface area contributed by atoms with Crippen LogP contribution in [-0.4, -0.2) is 52.7 Å². The third-order valence-corrected chi connectivity index (χ3v) is 3.87. The number of rotatable bonds is 2. The van der Waals surface area contributed by atoms with Gasteiger partial charge in [0.2, 0.25) is 0 Å². The van der Waals surface area contributed by atoms with Gasteiger partial charge in [-0.05, 0) is 13.8 Å². The van der Waals surface area contributed by atoms with Crippen LogP contribution in [0.4, 0.5) is 13.2 Å². The van der Waals surface area contributed by atoms with E-state index in [4.69, 9.17) is 4.74 Å². The van der Waals surface area contributed by atoms with E-state index in [0.29, 0.717) is 6.42 Å². The number of nitrogens with zero attached hydrogens (tertiary/aromatic N) is 2. The predicted octanol–water partition coefficient (Wildman–Crippen LogP) is 1.79. The molecule has 2 atom stereocenters. The van der Waals surface area contributed by atoms with E-state index in [1.807, 2.05) is 13.8 Å². The van der Waals surface area contributed by atoms with Crippen molar-refractivity contribution in [3.05, 3.63) is 17.0 Å². The van der Waals surface area contributed by atoms with Crippen LogP contribution < -0.4 is 0 Å². The molecule has 122 valence electrons. The van der Waals surface area contributed by atoms with E-state index in [9.17, 15) is 18.0 Å². The van der Waals surface area contributed by atoms with Gasteiger partial charge in [-0.25, -0.2) is 0 Å². The molecule has 1 aromatic heterocycles. The Morgan fingerprint density at radius 3 is 2.73 bits per heavy atom. The Morgan fingerprint density at radius 2 is 2.09 bits per heavy atom. The lowest BCUT2D eigenvalue weighted by Gasteiger charge is -2.38. The second-order valence-corrected chi connectivity index (χ2v) is 5.65. The molecule has 0 saturated carbocycles. The molecule has 1 N–H and O–H groups in total. The SMILES string of the molecule is C[C@@H]1Cc2c(C(=O)N3CC(OC(F)(F)F)C3)n[nH]c2[C@H](C)O1. The van der Waals surface area contributed by atoms with Crippen LogP contribution in [0.1, 0.15) is 41.7 Å². The maximum absolute atomic E-state index is 12.4. The highest BCUT2D eigenvalue weighted by Crippen LogP contribution is 2.31. The van der Waals surface area contributed by atoms with Gasteiger partial charge in [-0.3, -0.25) is 14.6 Å². The first-order valence-corrected chi connectivity index (χ1v) is 7.01. The molecule has 0 radical (unpaired) electrons. The molecule has 1 saturated heterocycles. The summed E-state index contributed by atoms with van der Waals surface area (Å²) in [4.78, 5) is 13.7. The standard InChI is InChI=1S/C13H16F3N3O3/c1-6-3-9-10(7(2)21-6)17-18-11(9)12(20)19-4-8(5-19)22-13(14,15)16/h6-8H,3-5H2,1-2H3,(H,17,18)/t6-,7+/m1/s1. The number of amides is 1. The molecule has 2 aliphatic heterocycles. The summed E-state index contributed by atoms with van der Waals surface area (Å²) in [5.74, 6) is -0.374. The highest BCUT2D eigenvalue weighted by molar-refractivity contribution is 5.94. The van der Waals surface area contributed by atoms with Crippen LogP contribution in [0.25, 0.3) is 0 Å². The van der Waals surface area contributed by atoms with Crippen LogP contribution in [0.5, 0.6) is 0 Å². The van der Waals surface area contributed by atoms with E-state index in [-0.39, 0.29) is 36.9 Å². The molecule has 3 rings (SSSR count). The second-order valence-electron chi connectivity index (χ2n) is 5.65. The molecule has 0 aliphatic carbocycles. The lowest BCUT2D eigenvalue weighted by atomic mass is 9.98. The van der Waals surface area contributed by atoms with Gasteiger partial charge in [0.05, 0.1) is 17.9 Å². The molecular weight excluding hydrogens is 303 g/mol. The van der Waals surface area contributed by atoms with Crippen molar-refractivity contribution >= 4 is 5.91 Å². The maximum Gasteiger partial charge on any atom is 0.522 e. The fraction of sp³-hybridized carbons (Fsp3) is 0.692. The van der Waals surface area contributed by atoms with E-state index < -0.39 is 12.5 Å². The van der Waals surface area contributed by atoms with Crippen LogP contribution in [0.2, 0.25) is 0 Å². The Bertz CT molecular complexity index is 581. The van der Waals surface area contributed by atoms with Crippen LogP contribution >= 0.6 is 0 Å². The first-order valence-electron chi connectivity index (χ1n) is 7.01. The number of H-pyrrole nitrogens is 1. The predicted molar refractivity (Wildman–Crippen MR) is 68.1 cm³/mol. The summed E-state index contributed by atoms with van der Waals surface area (Å²) in [6.45, 7) is 3.60. The summed E-state index contributed by atoms with van der Waals surface area (Å²) in [5, 5.41) is 6.82. The number of carbonyl (C=O) groups is 1. The van der Waals surface area contributed by atoms with E-state index in [2.05, 4.69) is 14.9 Å². The largest absolute Gasteiger partial charge is 0.522 e. The number of likely N-dealkylation sites (tertiary alicyclic amines) is 1. The lowest BCUT2D eigenvalue weighted by molar-refractivity contribution is -0.352. The molecule has 0 aromatic carbocycles. The second kappa shape index (κ2) is 5.24. The summed E-state index contributed by atoms with van der Waals surface area (Å²) in [6.07, 6.45) is -5.35. The molecule has 1 fully saturated rings. The number of alkyl halides is 3. The molecule has 1 aromatic rings. The zero-order valence-electron chi connectivity index (χ0n) is 12.1. The number of aromatic amines is 1. The zero-order valence-corrected chi connectivity index (χ0v) is 12.1. The zero-order chi connectivity index (χ0) is 16.1. The average Bonchev–Trinajstić information content (AvgIpc) is 2.75. The van der Waals surface area contributed by atoms with Crippen molar-refractivity contribution in [3.8, 4) is 0 Å². The number of hydrogen-bond acceptors (Lipinski definition) is 4. The number of fused-ring (bicyclic) bond motifs is 1. The molecule has 0 unspecified atom stereocenters. The first kappa shape index (κ1) is 15.3. The molecule has 9 heteroatoms. The Balaban J connectivity index is 1.68. The summed E-state index contributed by atoms with van der Waals surface area (Å²) >= 11 is 0. The Morgan fingerprint density at radius 1 is 1.41 bits per heavy atom. The molecule has 1 amide bonds. The quantitative estimate of drug-likeness (QED) is 0.902. The monoisotopic (exact) mass is 319 g/mol. The van der Waals surface area contributed by atoms with Gasteiger partial charge in [0.25, 0.3) is 5.91 Å². The minimum absolute atomic E-state index is 0.0376. The fourth-order valence-corrected chi connectivity index (χ4v) is 2.87. The number of halogens is 3. The third kappa shape index (κ3) is 2.82. The van der Waals surface area contributed by atoms with Crippen LogP contribution in [0.15, 0.2) is 0 Å². The molecule has 0 bridgehead atoms. The normalized spacial score (nSPS) is 25.8. The highest BCUT2D eigenvalue weighted by atomic mass is 19.4. The molecule has 6 nitrogen and oxygen atoms in total. The van der Waals surface area contributed by atoms with Crippen molar-refractivity contribution < 1.29 is 27.4 Å². The molecule has 0 spiro atoms. The van der Waals surface area contributed by atoms with Gasteiger partial charge in [-0.15, -0.1) is 13.2 Å². The van der Waals surface area contributed by atoms with Crippen molar-refractivity contribution in [2.24, 2.45) is 0 Å². The van der Waals surface area contributed by atoms with E-state index in [0.717, 1.165) is 11.3 Å². The Hall–Kier alpha value is -1.61. The van der Waals surface area contributed by atoms with Gasteiger partial charge in [-0.1, -0.05) is 0 Å². The summed E-state index contributed by atoms with van der Waals surface area (Å²) < 4.78 is 45.8. The first-order chi connectivity index (χ1) is 10.2. The van der Waals surface area contributed by atoms with Crippen molar-refractivity contribution in [3.63, 3.8) is 0 Å². The van der Waals surface area contributed by atoms with Crippen LogP contribution in [-0.2, 0) is 15.9 Å². The smallest absolute Gasteiger partial charge is 0.369 e. The molecular formula is C13H16F3N3O3. The number of ether oxygens (including phenoxy) is 2. The van der Waals surface area contributed by atoms with Gasteiger partial charge < -0.3 is 9.64 Å². The van der Waals surface area contributed by atoms with E-state index >= 15 is 0 Å². The maximum atomic E-state index is 12.4. The van der Waals surface area contributed by atoms with Crippen LogP contribution in [0.3, 0.4) is 0 Å². The number of carbonyl (C=O) groups excluding carboxylic acids is 1. The summed E-state index contributed by atoms with van der Waals surface area (Å²) in [6, 6.07) is 0. The van der Waals surface area contributed by atoms with Gasteiger partial charge in [0.15, 0.2) is 5.69 Å². The lowest BCUT2D eigenvalue weighted by Crippen LogP contribution is -2.56. The topological polar surface area (TPSA) is 67.5 Å². The van der Waals surface area contributed by atoms with Crippen molar-refractivity contribution in [1.29, 1.82) is 0 Å². The van der Waals surface area contributed by atoms with Gasteiger partial charge >= 0.3 is 6.36 Å². The highest BCUT2D eigenvalue weighted by Gasteiger charge is 2.42. The van der Waals surface area contributed by atoms with Crippen molar-refractivity contribution in [2.75, 3.05) is 13.1 Å². The van der Waals surface area contributed by atoms with E-state index in [1.54, 1.807) is 0 Å². The molecule has 2 aliphatic rings. The Labute approximate surface area is 124 Å². The van der Waals surface area contributed by atoms with Crippen LogP contribution in [0, 0.1) is 0 Å².